The number of nitrogens with zero attached hydrogens (tertiary/aromatic N) is 8. The Morgan fingerprint density at radius 2 is 2.17 bits per heavy atom. The third kappa shape index (κ3) is 5.46. The summed E-state index contributed by atoms with van der Waals surface area (Å²) in [5.74, 6) is 1.62. The Hall–Kier alpha value is -2.18. The summed E-state index contributed by atoms with van der Waals surface area (Å²) in [6, 6.07) is 0.210. The Morgan fingerprint density at radius 3 is 2.86 bits per heavy atom. The lowest BCUT2D eigenvalue weighted by Crippen LogP contribution is -2.57. The van der Waals surface area contributed by atoms with Gasteiger partial charge in [0.2, 0.25) is 11.6 Å². The van der Waals surface area contributed by atoms with Crippen LogP contribution in [0.1, 0.15) is 20.3 Å². The first kappa shape index (κ1) is 23.1. The van der Waals surface area contributed by atoms with Crippen molar-refractivity contribution in [3.63, 3.8) is 0 Å². The van der Waals surface area contributed by atoms with Crippen LogP contribution in [0.25, 0.3) is 5.65 Å². The van der Waals surface area contributed by atoms with Crippen LogP contribution in [-0.4, -0.2) is 94.1 Å². The van der Waals surface area contributed by atoms with E-state index < -0.39 is 0 Å². The molecule has 160 valence electrons. The number of rotatable bonds is 5. The highest BCUT2D eigenvalue weighted by atomic mass is 127. The standard InChI is InChI=1S/C18H29N9O.HI/c1-5-6-20-18(21-11-15(28)24(3)4)25-9-10-27(14(2)12-25)16-17-23-22-13-26(17)8-7-19-16;/h7-8,13-14H,5-6,9-12H2,1-4H3,(H,20,21);1H. The van der Waals surface area contributed by atoms with Crippen LogP contribution in [0.3, 0.4) is 0 Å². The van der Waals surface area contributed by atoms with Crippen molar-refractivity contribution in [1.29, 1.82) is 0 Å². The van der Waals surface area contributed by atoms with Gasteiger partial charge in [0.05, 0.1) is 0 Å². The molecule has 0 saturated carbocycles. The number of nitrogens with one attached hydrogen (secondary N) is 1. The topological polar surface area (TPSA) is 94.3 Å². The third-order valence-electron chi connectivity index (χ3n) is 4.79. The van der Waals surface area contributed by atoms with Crippen LogP contribution in [0.2, 0.25) is 0 Å². The number of carbonyl (C=O) groups excluding carboxylic acids is 1. The number of amides is 1. The van der Waals surface area contributed by atoms with Gasteiger partial charge in [-0.25, -0.2) is 9.98 Å². The van der Waals surface area contributed by atoms with Crippen molar-refractivity contribution in [3.8, 4) is 0 Å². The second-order valence-corrected chi connectivity index (χ2v) is 7.16. The highest BCUT2D eigenvalue weighted by Crippen LogP contribution is 2.21. The maximum atomic E-state index is 11.9. The van der Waals surface area contributed by atoms with E-state index in [1.54, 1.807) is 31.5 Å². The number of aromatic nitrogens is 4. The highest BCUT2D eigenvalue weighted by molar-refractivity contribution is 14.0. The lowest BCUT2D eigenvalue weighted by Gasteiger charge is -2.41. The first-order valence-electron chi connectivity index (χ1n) is 9.65. The highest BCUT2D eigenvalue weighted by Gasteiger charge is 2.28. The van der Waals surface area contributed by atoms with Gasteiger partial charge in [-0.15, -0.1) is 34.2 Å². The molecule has 1 aliphatic rings. The molecule has 1 unspecified atom stereocenters. The summed E-state index contributed by atoms with van der Waals surface area (Å²) in [6.45, 7) is 7.60. The SMILES string of the molecule is CCCNC(=NCC(=O)N(C)C)N1CCN(c2nccn3cnnc23)C(C)C1.I. The number of hydrogen-bond donors (Lipinski definition) is 1. The van der Waals surface area contributed by atoms with Crippen LogP contribution in [-0.2, 0) is 4.79 Å². The fourth-order valence-electron chi connectivity index (χ4n) is 3.20. The Labute approximate surface area is 188 Å². The maximum Gasteiger partial charge on any atom is 0.243 e. The number of carbonyl (C=O) groups is 1. The molecule has 1 saturated heterocycles. The molecule has 0 spiro atoms. The Bertz CT molecular complexity index is 838. The Kier molecular flexibility index (Phi) is 8.41. The van der Waals surface area contributed by atoms with Gasteiger partial charge >= 0.3 is 0 Å². The first-order chi connectivity index (χ1) is 13.5. The molecule has 3 rings (SSSR count). The van der Waals surface area contributed by atoms with Crippen LogP contribution in [0, 0.1) is 0 Å². The number of guanidine groups is 1. The zero-order chi connectivity index (χ0) is 20.1. The summed E-state index contributed by atoms with van der Waals surface area (Å²) in [5, 5.41) is 11.6. The summed E-state index contributed by atoms with van der Waals surface area (Å²) in [5.41, 5.74) is 0.761. The zero-order valence-corrected chi connectivity index (χ0v) is 19.8. The summed E-state index contributed by atoms with van der Waals surface area (Å²) < 4.78 is 1.88. The number of fused-ring (bicyclic) bond motifs is 1. The number of hydrogen-bond acceptors (Lipinski definition) is 6. The molecular weight excluding hydrogens is 485 g/mol. The molecular formula is C18H30IN9O. The summed E-state index contributed by atoms with van der Waals surface area (Å²) >= 11 is 0. The molecule has 3 heterocycles. The van der Waals surface area contributed by atoms with Crippen LogP contribution in [0.15, 0.2) is 23.7 Å². The molecule has 1 amide bonds. The normalized spacial score (nSPS) is 17.2. The predicted molar refractivity (Wildman–Crippen MR) is 124 cm³/mol. The van der Waals surface area contributed by atoms with E-state index >= 15 is 0 Å². The Morgan fingerprint density at radius 1 is 1.38 bits per heavy atom. The lowest BCUT2D eigenvalue weighted by molar-refractivity contribution is -0.127. The zero-order valence-electron chi connectivity index (χ0n) is 17.4. The van der Waals surface area contributed by atoms with Gasteiger partial charge < -0.3 is 20.0 Å². The third-order valence-corrected chi connectivity index (χ3v) is 4.79. The van der Waals surface area contributed by atoms with Gasteiger partial charge in [0, 0.05) is 58.7 Å². The first-order valence-corrected chi connectivity index (χ1v) is 9.65. The monoisotopic (exact) mass is 515 g/mol. The second kappa shape index (κ2) is 10.6. The van der Waals surface area contributed by atoms with E-state index in [2.05, 4.69) is 49.1 Å². The van der Waals surface area contributed by atoms with E-state index in [4.69, 9.17) is 0 Å². The summed E-state index contributed by atoms with van der Waals surface area (Å²) in [4.78, 5) is 27.1. The molecule has 0 aliphatic carbocycles. The molecule has 11 heteroatoms. The van der Waals surface area contributed by atoms with E-state index in [1.807, 2.05) is 10.6 Å². The maximum absolute atomic E-state index is 11.9. The number of likely N-dealkylation sites (N-methyl/N-ethyl adjacent to an activating group) is 1. The van der Waals surface area contributed by atoms with Gasteiger partial charge in [-0.05, 0) is 13.3 Å². The van der Waals surface area contributed by atoms with Gasteiger partial charge in [0.1, 0.15) is 12.9 Å². The van der Waals surface area contributed by atoms with E-state index in [9.17, 15) is 4.79 Å². The van der Waals surface area contributed by atoms with Crippen molar-refractivity contribution in [2.75, 3.05) is 51.7 Å². The van der Waals surface area contributed by atoms with Crippen LogP contribution in [0.5, 0.6) is 0 Å². The van der Waals surface area contributed by atoms with Crippen LogP contribution >= 0.6 is 24.0 Å². The summed E-state index contributed by atoms with van der Waals surface area (Å²) in [7, 11) is 3.49. The lowest BCUT2D eigenvalue weighted by atomic mass is 10.2. The van der Waals surface area contributed by atoms with Crippen molar-refractivity contribution in [2.24, 2.45) is 4.99 Å². The fourth-order valence-corrected chi connectivity index (χ4v) is 3.20. The minimum Gasteiger partial charge on any atom is -0.356 e. The largest absolute Gasteiger partial charge is 0.356 e. The molecule has 1 aliphatic heterocycles. The van der Waals surface area contributed by atoms with Gasteiger partial charge in [-0.1, -0.05) is 6.92 Å². The molecule has 0 bridgehead atoms. The molecule has 29 heavy (non-hydrogen) atoms. The van der Waals surface area contributed by atoms with Crippen molar-refractivity contribution < 1.29 is 4.79 Å². The average molecular weight is 515 g/mol. The molecule has 2 aromatic heterocycles. The van der Waals surface area contributed by atoms with Crippen molar-refractivity contribution in [2.45, 2.75) is 26.3 Å². The average Bonchev–Trinajstić information content (AvgIpc) is 3.16. The van der Waals surface area contributed by atoms with E-state index in [-0.39, 0.29) is 42.5 Å². The smallest absolute Gasteiger partial charge is 0.243 e. The Balaban J connectivity index is 0.00000300. The fraction of sp³-hybridized carbons (Fsp3) is 0.611. The predicted octanol–water partition coefficient (Wildman–Crippen LogP) is 0.697. The van der Waals surface area contributed by atoms with Gasteiger partial charge in [0.25, 0.3) is 0 Å². The van der Waals surface area contributed by atoms with Crippen molar-refractivity contribution in [3.05, 3.63) is 18.7 Å². The van der Waals surface area contributed by atoms with Crippen LogP contribution < -0.4 is 10.2 Å². The summed E-state index contributed by atoms with van der Waals surface area (Å²) in [6.07, 6.45) is 6.30. The van der Waals surface area contributed by atoms with Gasteiger partial charge in [-0.3, -0.25) is 9.20 Å². The molecule has 2 aromatic rings. The number of piperazine rings is 1. The molecule has 0 radical (unpaired) electrons. The van der Waals surface area contributed by atoms with E-state index in [1.165, 1.54) is 0 Å². The quantitative estimate of drug-likeness (QED) is 0.356. The van der Waals surface area contributed by atoms with Crippen molar-refractivity contribution >= 4 is 47.3 Å². The molecule has 1 fully saturated rings. The van der Waals surface area contributed by atoms with Gasteiger partial charge in [-0.2, -0.15) is 0 Å². The molecule has 1 atom stereocenters. The van der Waals surface area contributed by atoms with Crippen LogP contribution in [0.4, 0.5) is 5.82 Å². The minimum absolute atomic E-state index is 0. The number of aliphatic imine (C=N–C) groups is 1. The van der Waals surface area contributed by atoms with E-state index in [0.29, 0.717) is 0 Å². The molecule has 10 nitrogen and oxygen atoms in total. The molecule has 1 N–H and O–H groups in total. The number of halogens is 1. The van der Waals surface area contributed by atoms with E-state index in [0.717, 1.165) is 50.0 Å². The van der Waals surface area contributed by atoms with Gasteiger partial charge in [0.15, 0.2) is 11.8 Å². The second-order valence-electron chi connectivity index (χ2n) is 7.16. The minimum atomic E-state index is -0.00910. The van der Waals surface area contributed by atoms with Crippen molar-refractivity contribution in [1.82, 2.24) is 34.7 Å². The molecule has 0 aromatic carbocycles. The number of anilines is 1.